The van der Waals surface area contributed by atoms with Crippen molar-refractivity contribution in [3.05, 3.63) is 16.0 Å². The van der Waals surface area contributed by atoms with E-state index in [0.29, 0.717) is 16.1 Å². The standard InChI is InChI=1S/C11H12N4O4S/c1-18-10(16)14-4-7-6(3-12)9(13)20-8(7)5-15(14)11(17)19-2/h4-5,13H2,1-2H3. The molecule has 20 heavy (non-hydrogen) atoms. The van der Waals surface area contributed by atoms with E-state index in [9.17, 15) is 9.59 Å². The SMILES string of the molecule is COC(=O)N1Cc2sc(N)c(C#N)c2CN1C(=O)OC. The minimum atomic E-state index is -0.713. The van der Waals surface area contributed by atoms with Gasteiger partial charge in [0.15, 0.2) is 0 Å². The lowest BCUT2D eigenvalue weighted by atomic mass is 10.1. The number of hydrogen-bond donors (Lipinski definition) is 1. The average molecular weight is 296 g/mol. The summed E-state index contributed by atoms with van der Waals surface area (Å²) in [4.78, 5) is 24.2. The first-order valence-electron chi connectivity index (χ1n) is 5.54. The summed E-state index contributed by atoms with van der Waals surface area (Å²) in [6.45, 7) is 0.140. The van der Waals surface area contributed by atoms with E-state index < -0.39 is 12.2 Å². The van der Waals surface area contributed by atoms with E-state index in [1.54, 1.807) is 0 Å². The van der Waals surface area contributed by atoms with E-state index in [2.05, 4.69) is 9.47 Å². The Morgan fingerprint density at radius 2 is 1.80 bits per heavy atom. The third kappa shape index (κ3) is 2.10. The number of rotatable bonds is 0. The molecule has 1 aromatic heterocycles. The second-order valence-corrected chi connectivity index (χ2v) is 5.05. The first kappa shape index (κ1) is 14.0. The number of thiophene rings is 1. The molecule has 2 heterocycles. The summed E-state index contributed by atoms with van der Waals surface area (Å²) in [5.74, 6) is 0. The Kier molecular flexibility index (Phi) is 3.67. The van der Waals surface area contributed by atoms with E-state index in [-0.39, 0.29) is 13.1 Å². The van der Waals surface area contributed by atoms with Crippen molar-refractivity contribution in [2.45, 2.75) is 13.1 Å². The van der Waals surface area contributed by atoms with Crippen LogP contribution in [-0.4, -0.2) is 36.4 Å². The maximum absolute atomic E-state index is 11.8. The first-order chi connectivity index (χ1) is 9.53. The number of carbonyl (C=O) groups is 2. The zero-order chi connectivity index (χ0) is 14.9. The molecule has 2 N–H and O–H groups in total. The van der Waals surface area contributed by atoms with Crippen LogP contribution in [0.1, 0.15) is 16.0 Å². The molecule has 0 saturated carbocycles. The number of fused-ring (bicyclic) bond motifs is 1. The molecular weight excluding hydrogens is 284 g/mol. The Balaban J connectivity index is 2.44. The Morgan fingerprint density at radius 3 is 2.30 bits per heavy atom. The number of nitrogen functional groups attached to an aromatic ring is 1. The maximum atomic E-state index is 11.8. The number of carbonyl (C=O) groups excluding carboxylic acids is 2. The normalized spacial score (nSPS) is 13.4. The number of nitriles is 1. The van der Waals surface area contributed by atoms with E-state index >= 15 is 0 Å². The number of amides is 2. The van der Waals surface area contributed by atoms with Gasteiger partial charge in [0.05, 0.1) is 32.9 Å². The summed E-state index contributed by atoms with van der Waals surface area (Å²) in [5, 5.41) is 11.7. The van der Waals surface area contributed by atoms with Gasteiger partial charge in [0.25, 0.3) is 0 Å². The summed E-state index contributed by atoms with van der Waals surface area (Å²) in [5.41, 5.74) is 6.74. The number of anilines is 1. The maximum Gasteiger partial charge on any atom is 0.429 e. The number of hydrazine groups is 1. The fourth-order valence-electron chi connectivity index (χ4n) is 1.94. The lowest BCUT2D eigenvalue weighted by Crippen LogP contribution is -2.51. The summed E-state index contributed by atoms with van der Waals surface area (Å²) in [7, 11) is 2.43. The molecule has 0 unspecified atom stereocenters. The average Bonchev–Trinajstić information content (AvgIpc) is 2.78. The van der Waals surface area contributed by atoms with Crippen LogP contribution in [0.4, 0.5) is 14.6 Å². The largest absolute Gasteiger partial charge is 0.452 e. The van der Waals surface area contributed by atoms with Crippen molar-refractivity contribution in [2.24, 2.45) is 0 Å². The van der Waals surface area contributed by atoms with Crippen LogP contribution >= 0.6 is 11.3 Å². The Morgan fingerprint density at radius 1 is 1.25 bits per heavy atom. The van der Waals surface area contributed by atoms with E-state index in [4.69, 9.17) is 11.0 Å². The molecule has 0 aromatic carbocycles. The highest BCUT2D eigenvalue weighted by atomic mass is 32.1. The zero-order valence-corrected chi connectivity index (χ0v) is 11.7. The van der Waals surface area contributed by atoms with Crippen LogP contribution < -0.4 is 5.73 Å². The molecule has 0 radical (unpaired) electrons. The van der Waals surface area contributed by atoms with Crippen LogP contribution in [0.3, 0.4) is 0 Å². The minimum Gasteiger partial charge on any atom is -0.452 e. The van der Waals surface area contributed by atoms with Crippen LogP contribution in [0, 0.1) is 11.3 Å². The molecule has 0 atom stereocenters. The Hall–Kier alpha value is -2.47. The van der Waals surface area contributed by atoms with Gasteiger partial charge in [0.2, 0.25) is 0 Å². The predicted molar refractivity (Wildman–Crippen MR) is 69.3 cm³/mol. The lowest BCUT2D eigenvalue weighted by Gasteiger charge is -2.35. The predicted octanol–water partition coefficient (Wildman–Crippen LogP) is 1.27. The summed E-state index contributed by atoms with van der Waals surface area (Å²) < 4.78 is 9.28. The van der Waals surface area contributed by atoms with E-state index in [0.717, 1.165) is 14.9 Å². The van der Waals surface area contributed by atoms with Crippen molar-refractivity contribution >= 4 is 28.5 Å². The lowest BCUT2D eigenvalue weighted by molar-refractivity contribution is -0.0280. The smallest absolute Gasteiger partial charge is 0.429 e. The molecule has 8 nitrogen and oxygen atoms in total. The van der Waals surface area contributed by atoms with Crippen LogP contribution in [0.2, 0.25) is 0 Å². The monoisotopic (exact) mass is 296 g/mol. The van der Waals surface area contributed by atoms with Gasteiger partial charge in [-0.3, -0.25) is 0 Å². The quantitative estimate of drug-likeness (QED) is 0.772. The van der Waals surface area contributed by atoms with Crippen LogP contribution in [0.15, 0.2) is 0 Å². The summed E-state index contributed by atoms with van der Waals surface area (Å²) in [6.07, 6.45) is -1.40. The molecule has 9 heteroatoms. The van der Waals surface area contributed by atoms with Gasteiger partial charge in [-0.2, -0.15) is 5.26 Å². The molecule has 0 spiro atoms. The molecule has 0 bridgehead atoms. The number of nitrogens with two attached hydrogens (primary N) is 1. The van der Waals surface area contributed by atoms with Gasteiger partial charge in [-0.25, -0.2) is 19.6 Å². The number of methoxy groups -OCH3 is 2. The second kappa shape index (κ2) is 5.26. The molecular formula is C11H12N4O4S. The molecule has 0 saturated heterocycles. The summed E-state index contributed by atoms with van der Waals surface area (Å²) >= 11 is 1.22. The number of hydrogen-bond acceptors (Lipinski definition) is 7. The van der Waals surface area contributed by atoms with E-state index in [1.807, 2.05) is 6.07 Å². The third-order valence-electron chi connectivity index (χ3n) is 2.89. The van der Waals surface area contributed by atoms with Crippen molar-refractivity contribution in [1.29, 1.82) is 5.26 Å². The van der Waals surface area contributed by atoms with Crippen molar-refractivity contribution in [3.8, 4) is 6.07 Å². The molecule has 0 fully saturated rings. The molecule has 1 aromatic rings. The van der Waals surface area contributed by atoms with E-state index in [1.165, 1.54) is 25.6 Å². The third-order valence-corrected chi connectivity index (χ3v) is 3.94. The second-order valence-electron chi connectivity index (χ2n) is 3.91. The fourth-order valence-corrected chi connectivity index (χ4v) is 2.96. The van der Waals surface area contributed by atoms with Gasteiger partial charge in [-0.05, 0) is 0 Å². The van der Waals surface area contributed by atoms with Gasteiger partial charge >= 0.3 is 12.2 Å². The van der Waals surface area contributed by atoms with Crippen molar-refractivity contribution < 1.29 is 19.1 Å². The summed E-state index contributed by atoms with van der Waals surface area (Å²) in [6, 6.07) is 2.01. The van der Waals surface area contributed by atoms with Crippen molar-refractivity contribution in [1.82, 2.24) is 10.0 Å². The highest BCUT2D eigenvalue weighted by molar-refractivity contribution is 7.16. The molecule has 1 aliphatic heterocycles. The van der Waals surface area contributed by atoms with Crippen LogP contribution in [0.5, 0.6) is 0 Å². The zero-order valence-electron chi connectivity index (χ0n) is 10.9. The minimum absolute atomic E-state index is 0.0354. The fraction of sp³-hybridized carbons (Fsp3) is 0.364. The van der Waals surface area contributed by atoms with Gasteiger partial charge in [0, 0.05) is 10.4 Å². The molecule has 1 aliphatic rings. The van der Waals surface area contributed by atoms with Gasteiger partial charge in [-0.1, -0.05) is 0 Å². The van der Waals surface area contributed by atoms with Crippen LogP contribution in [-0.2, 0) is 22.6 Å². The van der Waals surface area contributed by atoms with Crippen LogP contribution in [0.25, 0.3) is 0 Å². The molecule has 2 amide bonds. The van der Waals surface area contributed by atoms with Crippen molar-refractivity contribution in [3.63, 3.8) is 0 Å². The number of ether oxygens (including phenoxy) is 2. The Bertz CT molecular complexity index is 606. The highest BCUT2D eigenvalue weighted by Gasteiger charge is 2.36. The van der Waals surface area contributed by atoms with Gasteiger partial charge in [-0.15, -0.1) is 11.3 Å². The molecule has 106 valence electrons. The Labute approximate surface area is 118 Å². The van der Waals surface area contributed by atoms with Crippen molar-refractivity contribution in [2.75, 3.05) is 20.0 Å². The first-order valence-corrected chi connectivity index (χ1v) is 6.36. The van der Waals surface area contributed by atoms with Gasteiger partial charge < -0.3 is 15.2 Å². The molecule has 0 aliphatic carbocycles. The topological polar surface area (TPSA) is 109 Å². The highest BCUT2D eigenvalue weighted by Crippen LogP contribution is 2.36. The molecule has 2 rings (SSSR count). The van der Waals surface area contributed by atoms with Gasteiger partial charge in [0.1, 0.15) is 11.1 Å². The number of nitrogens with zero attached hydrogens (tertiary/aromatic N) is 3.